The van der Waals surface area contributed by atoms with Crippen LogP contribution in [0.1, 0.15) is 6.42 Å². The van der Waals surface area contributed by atoms with Gasteiger partial charge in [0.2, 0.25) is 11.8 Å². The van der Waals surface area contributed by atoms with E-state index in [1.165, 1.54) is 0 Å². The van der Waals surface area contributed by atoms with E-state index in [2.05, 4.69) is 21.2 Å². The van der Waals surface area contributed by atoms with Gasteiger partial charge in [-0.2, -0.15) is 0 Å². The van der Waals surface area contributed by atoms with Crippen LogP contribution in [-0.4, -0.2) is 49.1 Å². The largest absolute Gasteiger partial charge is 0.367 e. The number of amides is 2. The van der Waals surface area contributed by atoms with E-state index < -0.39 is 12.0 Å². The van der Waals surface area contributed by atoms with Crippen molar-refractivity contribution in [2.75, 3.05) is 31.6 Å². The SMILES string of the molecule is NC(=O)C1CN(CCC(=O)Nc2cccc(Br)c2)CCO1. The summed E-state index contributed by atoms with van der Waals surface area (Å²) in [6, 6.07) is 7.43. The minimum atomic E-state index is -0.577. The number of primary amides is 1. The van der Waals surface area contributed by atoms with E-state index in [-0.39, 0.29) is 5.91 Å². The van der Waals surface area contributed by atoms with Crippen molar-refractivity contribution in [2.45, 2.75) is 12.5 Å². The van der Waals surface area contributed by atoms with Crippen molar-refractivity contribution in [3.05, 3.63) is 28.7 Å². The second-order valence-electron chi connectivity index (χ2n) is 4.87. The third-order valence-corrected chi connectivity index (χ3v) is 3.72. The predicted octanol–water partition coefficient (Wildman–Crippen LogP) is 0.964. The normalized spacial score (nSPS) is 19.2. The Bertz CT molecular complexity index is 524. The van der Waals surface area contributed by atoms with Gasteiger partial charge in [0.05, 0.1) is 6.61 Å². The molecule has 0 bridgehead atoms. The van der Waals surface area contributed by atoms with Gasteiger partial charge in [0.1, 0.15) is 6.10 Å². The van der Waals surface area contributed by atoms with Gasteiger partial charge in [-0.25, -0.2) is 0 Å². The number of hydrogen-bond acceptors (Lipinski definition) is 4. The molecule has 6 nitrogen and oxygen atoms in total. The van der Waals surface area contributed by atoms with Crippen molar-refractivity contribution in [1.82, 2.24) is 4.90 Å². The fraction of sp³-hybridized carbons (Fsp3) is 0.429. The first kappa shape index (κ1) is 15.9. The highest BCUT2D eigenvalue weighted by molar-refractivity contribution is 9.10. The van der Waals surface area contributed by atoms with Crippen LogP contribution in [-0.2, 0) is 14.3 Å². The zero-order chi connectivity index (χ0) is 15.2. The van der Waals surface area contributed by atoms with E-state index in [1.807, 2.05) is 29.2 Å². The maximum atomic E-state index is 11.9. The van der Waals surface area contributed by atoms with Crippen molar-refractivity contribution >= 4 is 33.4 Å². The highest BCUT2D eigenvalue weighted by Crippen LogP contribution is 2.15. The van der Waals surface area contributed by atoms with Gasteiger partial charge >= 0.3 is 0 Å². The number of nitrogens with two attached hydrogens (primary N) is 1. The Hall–Kier alpha value is -1.44. The molecule has 1 saturated heterocycles. The summed E-state index contributed by atoms with van der Waals surface area (Å²) in [5.41, 5.74) is 5.98. The Morgan fingerprint density at radius 1 is 1.48 bits per heavy atom. The Kier molecular flexibility index (Phi) is 5.72. The molecule has 1 aromatic rings. The number of carbonyl (C=O) groups excluding carboxylic acids is 2. The summed E-state index contributed by atoms with van der Waals surface area (Å²) in [6.45, 7) is 2.18. The molecule has 7 heteroatoms. The number of rotatable bonds is 5. The van der Waals surface area contributed by atoms with Crippen molar-refractivity contribution in [2.24, 2.45) is 5.73 Å². The number of halogens is 1. The average Bonchev–Trinajstić information content (AvgIpc) is 2.45. The lowest BCUT2D eigenvalue weighted by molar-refractivity contribution is -0.135. The summed E-state index contributed by atoms with van der Waals surface area (Å²) < 4.78 is 6.18. The average molecular weight is 356 g/mol. The number of nitrogens with one attached hydrogen (secondary N) is 1. The van der Waals surface area contributed by atoms with Crippen LogP contribution in [0.3, 0.4) is 0 Å². The van der Waals surface area contributed by atoms with E-state index in [9.17, 15) is 9.59 Å². The third kappa shape index (κ3) is 5.11. The molecule has 0 aromatic heterocycles. The lowest BCUT2D eigenvalue weighted by atomic mass is 10.2. The number of carbonyl (C=O) groups is 2. The van der Waals surface area contributed by atoms with E-state index in [1.54, 1.807) is 0 Å². The molecule has 1 aromatic carbocycles. The van der Waals surface area contributed by atoms with Crippen LogP contribution in [0.5, 0.6) is 0 Å². The van der Waals surface area contributed by atoms with E-state index in [0.717, 1.165) is 10.2 Å². The predicted molar refractivity (Wildman–Crippen MR) is 82.8 cm³/mol. The summed E-state index contributed by atoms with van der Waals surface area (Å²) in [6.07, 6.45) is -0.218. The number of nitrogens with zero attached hydrogens (tertiary/aromatic N) is 1. The van der Waals surface area contributed by atoms with Crippen LogP contribution in [0.25, 0.3) is 0 Å². The Labute approximate surface area is 131 Å². The van der Waals surface area contributed by atoms with E-state index >= 15 is 0 Å². The number of ether oxygens (including phenoxy) is 1. The second kappa shape index (κ2) is 7.53. The Morgan fingerprint density at radius 3 is 3.00 bits per heavy atom. The molecule has 1 aliphatic rings. The van der Waals surface area contributed by atoms with Crippen LogP contribution in [0.4, 0.5) is 5.69 Å². The first-order valence-corrected chi connectivity index (χ1v) is 7.52. The number of morpholine rings is 1. The second-order valence-corrected chi connectivity index (χ2v) is 5.79. The molecule has 1 heterocycles. The first-order chi connectivity index (χ1) is 10.0. The van der Waals surface area contributed by atoms with Gasteiger partial charge in [0.15, 0.2) is 0 Å². The summed E-state index contributed by atoms with van der Waals surface area (Å²) in [5.74, 6) is -0.520. The Balaban J connectivity index is 1.77. The van der Waals surface area contributed by atoms with Crippen molar-refractivity contribution in [3.8, 4) is 0 Å². The van der Waals surface area contributed by atoms with Crippen LogP contribution in [0.15, 0.2) is 28.7 Å². The zero-order valence-electron chi connectivity index (χ0n) is 11.5. The number of benzene rings is 1. The molecule has 1 unspecified atom stereocenters. The van der Waals surface area contributed by atoms with Crippen LogP contribution in [0, 0.1) is 0 Å². The molecule has 2 amide bonds. The van der Waals surface area contributed by atoms with Crippen LogP contribution >= 0.6 is 15.9 Å². The smallest absolute Gasteiger partial charge is 0.247 e. The molecular formula is C14H18BrN3O3. The van der Waals surface area contributed by atoms with Crippen LogP contribution in [0.2, 0.25) is 0 Å². The molecule has 2 rings (SSSR count). The summed E-state index contributed by atoms with van der Waals surface area (Å²) in [4.78, 5) is 25.0. The molecule has 0 aliphatic carbocycles. The quantitative estimate of drug-likeness (QED) is 0.823. The van der Waals surface area contributed by atoms with Gasteiger partial charge in [0, 0.05) is 36.2 Å². The number of anilines is 1. The molecule has 21 heavy (non-hydrogen) atoms. The summed E-state index contributed by atoms with van der Waals surface area (Å²) in [7, 11) is 0. The molecule has 114 valence electrons. The fourth-order valence-corrected chi connectivity index (χ4v) is 2.53. The molecule has 1 aliphatic heterocycles. The molecule has 3 N–H and O–H groups in total. The van der Waals surface area contributed by atoms with Crippen molar-refractivity contribution < 1.29 is 14.3 Å². The first-order valence-electron chi connectivity index (χ1n) is 6.73. The minimum Gasteiger partial charge on any atom is -0.367 e. The maximum Gasteiger partial charge on any atom is 0.247 e. The standard InChI is InChI=1S/C14H18BrN3O3/c15-10-2-1-3-11(8-10)17-13(19)4-5-18-6-7-21-12(9-18)14(16)20/h1-3,8,12H,4-7,9H2,(H2,16,20)(H,17,19). The van der Waals surface area contributed by atoms with Crippen molar-refractivity contribution in [1.29, 1.82) is 0 Å². The molecule has 0 radical (unpaired) electrons. The lowest BCUT2D eigenvalue weighted by Gasteiger charge is -2.31. The topological polar surface area (TPSA) is 84.7 Å². The van der Waals surface area contributed by atoms with Crippen molar-refractivity contribution in [3.63, 3.8) is 0 Å². The van der Waals surface area contributed by atoms with Gasteiger partial charge in [-0.05, 0) is 18.2 Å². The molecule has 1 fully saturated rings. The molecule has 1 atom stereocenters. The van der Waals surface area contributed by atoms with Crippen LogP contribution < -0.4 is 11.1 Å². The van der Waals surface area contributed by atoms with E-state index in [4.69, 9.17) is 10.5 Å². The summed E-state index contributed by atoms with van der Waals surface area (Å²) >= 11 is 3.36. The monoisotopic (exact) mass is 355 g/mol. The highest BCUT2D eigenvalue weighted by Gasteiger charge is 2.24. The fourth-order valence-electron chi connectivity index (χ4n) is 2.13. The van der Waals surface area contributed by atoms with Gasteiger partial charge in [-0.1, -0.05) is 22.0 Å². The molecule has 0 spiro atoms. The van der Waals surface area contributed by atoms with E-state index in [0.29, 0.717) is 32.7 Å². The van der Waals surface area contributed by atoms with Gasteiger partial charge in [-0.15, -0.1) is 0 Å². The van der Waals surface area contributed by atoms with Gasteiger partial charge < -0.3 is 15.8 Å². The maximum absolute atomic E-state index is 11.9. The molecule has 0 saturated carbocycles. The summed E-state index contributed by atoms with van der Waals surface area (Å²) in [5, 5.41) is 2.84. The number of hydrogen-bond donors (Lipinski definition) is 2. The van der Waals surface area contributed by atoms with Gasteiger partial charge in [0.25, 0.3) is 0 Å². The third-order valence-electron chi connectivity index (χ3n) is 3.23. The molecular weight excluding hydrogens is 338 g/mol. The highest BCUT2D eigenvalue weighted by atomic mass is 79.9. The lowest BCUT2D eigenvalue weighted by Crippen LogP contribution is -2.48. The van der Waals surface area contributed by atoms with Gasteiger partial charge in [-0.3, -0.25) is 14.5 Å². The minimum absolute atomic E-state index is 0.0600. The zero-order valence-corrected chi connectivity index (χ0v) is 13.1. The Morgan fingerprint density at radius 2 is 2.29 bits per heavy atom.